The molecule has 160 valence electrons. The van der Waals surface area contributed by atoms with Crippen LogP contribution < -0.4 is 21.7 Å². The maximum absolute atomic E-state index is 12.5. The Morgan fingerprint density at radius 3 is 2.60 bits per heavy atom. The zero-order valence-electron chi connectivity index (χ0n) is 17.1. The smallest absolute Gasteiger partial charge is 0.344 e. The van der Waals surface area contributed by atoms with Crippen molar-refractivity contribution in [3.05, 3.63) is 55.7 Å². The fourth-order valence-electron chi connectivity index (χ4n) is 3.53. The van der Waals surface area contributed by atoms with E-state index < -0.39 is 29.6 Å². The summed E-state index contributed by atoms with van der Waals surface area (Å²) in [6, 6.07) is 5.68. The summed E-state index contributed by atoms with van der Waals surface area (Å²) in [6.07, 6.45) is 3.73. The summed E-state index contributed by atoms with van der Waals surface area (Å²) >= 11 is 0. The Morgan fingerprint density at radius 2 is 1.87 bits per heavy atom. The van der Waals surface area contributed by atoms with Gasteiger partial charge in [0.15, 0.2) is 13.2 Å². The number of aromatic nitrogens is 2. The van der Waals surface area contributed by atoms with Gasteiger partial charge in [-0.2, -0.15) is 0 Å². The van der Waals surface area contributed by atoms with E-state index in [9.17, 15) is 19.2 Å². The molecule has 1 aromatic carbocycles. The normalized spacial score (nSPS) is 12.5. The Bertz CT molecular complexity index is 1100. The Morgan fingerprint density at radius 1 is 1.13 bits per heavy atom. The van der Waals surface area contributed by atoms with Crippen molar-refractivity contribution >= 4 is 17.6 Å². The minimum atomic E-state index is -0.819. The summed E-state index contributed by atoms with van der Waals surface area (Å²) < 4.78 is 12.4. The summed E-state index contributed by atoms with van der Waals surface area (Å²) in [5, 5.41) is 0. The molecule has 0 bridgehead atoms. The van der Waals surface area contributed by atoms with E-state index >= 15 is 0 Å². The van der Waals surface area contributed by atoms with E-state index in [2.05, 4.69) is 0 Å². The van der Waals surface area contributed by atoms with E-state index in [1.165, 1.54) is 18.2 Å². The molecular formula is C21H25N3O6. The summed E-state index contributed by atoms with van der Waals surface area (Å²) in [4.78, 5) is 49.0. The van der Waals surface area contributed by atoms with Gasteiger partial charge in [0, 0.05) is 13.6 Å². The summed E-state index contributed by atoms with van der Waals surface area (Å²) in [5.74, 6) is -1.19. The number of aryl methyl sites for hydroxylation is 2. The standard InChI is InChI=1S/C21H25N3O6/c1-3-9-24-19(22)18(20(27)23(2)21(24)28)16(25)11-30-17(26)12-29-15-8-7-13-5-4-6-14(13)10-15/h7-8,10H,3-6,9,11-12,22H2,1-2H3. The van der Waals surface area contributed by atoms with Gasteiger partial charge in [0.2, 0.25) is 5.78 Å². The average molecular weight is 415 g/mol. The number of anilines is 1. The fourth-order valence-corrected chi connectivity index (χ4v) is 3.53. The molecule has 0 atom stereocenters. The number of carbonyl (C=O) groups excluding carboxylic acids is 2. The minimum Gasteiger partial charge on any atom is -0.482 e. The number of hydrogen-bond acceptors (Lipinski definition) is 7. The van der Waals surface area contributed by atoms with Crippen molar-refractivity contribution in [2.24, 2.45) is 7.05 Å². The summed E-state index contributed by atoms with van der Waals surface area (Å²) in [6.45, 7) is 1.06. The van der Waals surface area contributed by atoms with Gasteiger partial charge in [-0.1, -0.05) is 13.0 Å². The van der Waals surface area contributed by atoms with Gasteiger partial charge in [-0.3, -0.25) is 18.7 Å². The molecule has 0 amide bonds. The first-order chi connectivity index (χ1) is 14.3. The van der Waals surface area contributed by atoms with Gasteiger partial charge >= 0.3 is 11.7 Å². The molecule has 1 aliphatic carbocycles. The van der Waals surface area contributed by atoms with Gasteiger partial charge in [-0.25, -0.2) is 9.59 Å². The number of nitrogens with two attached hydrogens (primary N) is 1. The number of nitrogens with zero attached hydrogens (tertiary/aromatic N) is 2. The topological polar surface area (TPSA) is 123 Å². The highest BCUT2D eigenvalue weighted by Gasteiger charge is 2.22. The molecule has 0 saturated heterocycles. The number of ether oxygens (including phenoxy) is 2. The lowest BCUT2D eigenvalue weighted by Crippen LogP contribution is -2.43. The van der Waals surface area contributed by atoms with Gasteiger partial charge in [-0.05, 0) is 48.9 Å². The predicted octanol–water partition coefficient (Wildman–Crippen LogP) is 0.833. The number of rotatable bonds is 8. The third-order valence-corrected chi connectivity index (χ3v) is 5.10. The molecule has 9 nitrogen and oxygen atoms in total. The number of nitrogen functional groups attached to an aromatic ring is 1. The van der Waals surface area contributed by atoms with E-state index in [-0.39, 0.29) is 24.5 Å². The van der Waals surface area contributed by atoms with Gasteiger partial charge < -0.3 is 15.2 Å². The second-order valence-electron chi connectivity index (χ2n) is 7.22. The Balaban J connectivity index is 1.63. The Kier molecular flexibility index (Phi) is 6.39. The number of ketones is 1. The number of carbonyl (C=O) groups is 2. The highest BCUT2D eigenvalue weighted by atomic mass is 16.6. The van der Waals surface area contributed by atoms with E-state index in [1.54, 1.807) is 6.07 Å². The Labute approximate surface area is 173 Å². The minimum absolute atomic E-state index is 0.222. The predicted molar refractivity (Wildman–Crippen MR) is 110 cm³/mol. The number of Topliss-reactive ketones (excluding diaryl/α,β-unsaturated/α-hetero) is 1. The number of hydrogen-bond donors (Lipinski definition) is 1. The van der Waals surface area contributed by atoms with Crippen molar-refractivity contribution in [1.29, 1.82) is 0 Å². The van der Waals surface area contributed by atoms with Crippen molar-refractivity contribution in [1.82, 2.24) is 9.13 Å². The zero-order chi connectivity index (χ0) is 21.8. The summed E-state index contributed by atoms with van der Waals surface area (Å²) in [5.41, 5.74) is 6.61. The number of benzene rings is 1. The molecule has 0 unspecified atom stereocenters. The summed E-state index contributed by atoms with van der Waals surface area (Å²) in [7, 11) is 1.27. The van der Waals surface area contributed by atoms with Gasteiger partial charge in [0.05, 0.1) is 0 Å². The molecule has 30 heavy (non-hydrogen) atoms. The highest BCUT2D eigenvalue weighted by Crippen LogP contribution is 2.25. The largest absolute Gasteiger partial charge is 0.482 e. The molecule has 3 rings (SSSR count). The van der Waals surface area contributed by atoms with E-state index in [4.69, 9.17) is 15.2 Å². The highest BCUT2D eigenvalue weighted by molar-refractivity contribution is 6.01. The molecule has 0 aliphatic heterocycles. The third kappa shape index (κ3) is 4.29. The van der Waals surface area contributed by atoms with Gasteiger partial charge in [0.25, 0.3) is 5.56 Å². The molecule has 2 aromatic rings. The second kappa shape index (κ2) is 8.98. The fraction of sp³-hybridized carbons (Fsp3) is 0.429. The SMILES string of the molecule is CCCn1c(N)c(C(=O)COC(=O)COc2ccc3c(c2)CCC3)c(=O)n(C)c1=O. The zero-order valence-corrected chi connectivity index (χ0v) is 17.1. The van der Waals surface area contributed by atoms with Crippen molar-refractivity contribution in [3.63, 3.8) is 0 Å². The second-order valence-corrected chi connectivity index (χ2v) is 7.22. The molecule has 0 spiro atoms. The van der Waals surface area contributed by atoms with E-state index in [0.29, 0.717) is 12.2 Å². The molecule has 0 radical (unpaired) electrons. The first kappa shape index (κ1) is 21.4. The van der Waals surface area contributed by atoms with Crippen molar-refractivity contribution in [3.8, 4) is 5.75 Å². The van der Waals surface area contributed by atoms with Crippen LogP contribution in [0, 0.1) is 0 Å². The van der Waals surface area contributed by atoms with Crippen LogP contribution in [-0.4, -0.2) is 34.1 Å². The Hall–Kier alpha value is -3.36. The van der Waals surface area contributed by atoms with E-state index in [0.717, 1.165) is 28.4 Å². The van der Waals surface area contributed by atoms with Crippen LogP contribution in [0.5, 0.6) is 5.75 Å². The van der Waals surface area contributed by atoms with Crippen LogP contribution in [0.25, 0.3) is 0 Å². The van der Waals surface area contributed by atoms with Crippen LogP contribution in [0.2, 0.25) is 0 Å². The van der Waals surface area contributed by atoms with Crippen LogP contribution in [0.4, 0.5) is 5.82 Å². The van der Waals surface area contributed by atoms with Crippen LogP contribution in [0.1, 0.15) is 41.3 Å². The maximum atomic E-state index is 12.5. The molecule has 1 heterocycles. The number of esters is 1. The van der Waals surface area contributed by atoms with E-state index in [1.807, 2.05) is 19.1 Å². The lowest BCUT2D eigenvalue weighted by atomic mass is 10.1. The lowest BCUT2D eigenvalue weighted by molar-refractivity contribution is -0.144. The monoisotopic (exact) mass is 415 g/mol. The average Bonchev–Trinajstić information content (AvgIpc) is 3.20. The molecule has 2 N–H and O–H groups in total. The molecule has 1 aliphatic rings. The van der Waals surface area contributed by atoms with Gasteiger partial charge in [-0.15, -0.1) is 0 Å². The van der Waals surface area contributed by atoms with Crippen LogP contribution in [0.3, 0.4) is 0 Å². The quantitative estimate of drug-likeness (QED) is 0.500. The number of fused-ring (bicyclic) bond motifs is 1. The van der Waals surface area contributed by atoms with Crippen LogP contribution in [-0.2, 0) is 36.0 Å². The third-order valence-electron chi connectivity index (χ3n) is 5.10. The first-order valence-corrected chi connectivity index (χ1v) is 9.86. The van der Waals surface area contributed by atoms with Crippen LogP contribution in [0.15, 0.2) is 27.8 Å². The van der Waals surface area contributed by atoms with Crippen molar-refractivity contribution in [2.75, 3.05) is 18.9 Å². The molecule has 9 heteroatoms. The van der Waals surface area contributed by atoms with Crippen LogP contribution >= 0.6 is 0 Å². The van der Waals surface area contributed by atoms with Gasteiger partial charge in [0.1, 0.15) is 17.1 Å². The van der Waals surface area contributed by atoms with Crippen molar-refractivity contribution < 1.29 is 19.1 Å². The lowest BCUT2D eigenvalue weighted by Gasteiger charge is -2.14. The molecule has 0 saturated carbocycles. The molecule has 1 aromatic heterocycles. The molecular weight excluding hydrogens is 390 g/mol. The van der Waals surface area contributed by atoms with Crippen molar-refractivity contribution in [2.45, 2.75) is 39.2 Å². The molecule has 0 fully saturated rings. The first-order valence-electron chi connectivity index (χ1n) is 9.86. The maximum Gasteiger partial charge on any atom is 0.344 e.